The van der Waals surface area contributed by atoms with Crippen molar-refractivity contribution in [3.05, 3.63) is 54.1 Å². The molecule has 0 bridgehead atoms. The first-order chi connectivity index (χ1) is 13.5. The quantitative estimate of drug-likeness (QED) is 0.750. The van der Waals surface area contributed by atoms with E-state index in [9.17, 15) is 9.90 Å². The molecule has 4 rings (SSSR count). The van der Waals surface area contributed by atoms with Crippen LogP contribution in [0.3, 0.4) is 0 Å². The van der Waals surface area contributed by atoms with E-state index < -0.39 is 6.10 Å². The van der Waals surface area contributed by atoms with Gasteiger partial charge >= 0.3 is 0 Å². The van der Waals surface area contributed by atoms with Crippen LogP contribution in [0.5, 0.6) is 5.75 Å². The van der Waals surface area contributed by atoms with Gasteiger partial charge in [0, 0.05) is 41.8 Å². The molecule has 3 heterocycles. The monoisotopic (exact) mass is 380 g/mol. The Morgan fingerprint density at radius 3 is 2.93 bits per heavy atom. The molecule has 0 saturated carbocycles. The van der Waals surface area contributed by atoms with Crippen molar-refractivity contribution < 1.29 is 14.6 Å². The molecule has 0 radical (unpaired) electrons. The molecule has 0 unspecified atom stereocenters. The van der Waals surface area contributed by atoms with E-state index in [4.69, 9.17) is 4.74 Å². The number of fused-ring (bicyclic) bond motifs is 1. The predicted molar refractivity (Wildman–Crippen MR) is 105 cm³/mol. The SMILES string of the molecule is Cc1cc(C)n(CC(=O)N2CC[C@@H](Oc3cccc4cnccc34)[C@H](O)C2)n1. The van der Waals surface area contributed by atoms with Crippen LogP contribution in [0, 0.1) is 13.8 Å². The molecule has 2 atom stereocenters. The molecule has 7 nitrogen and oxygen atoms in total. The molecule has 0 spiro atoms. The third-order valence-electron chi connectivity index (χ3n) is 5.18. The summed E-state index contributed by atoms with van der Waals surface area (Å²) in [6.45, 7) is 4.83. The summed E-state index contributed by atoms with van der Waals surface area (Å²) in [6, 6.07) is 9.64. The van der Waals surface area contributed by atoms with E-state index in [0.717, 1.165) is 27.9 Å². The van der Waals surface area contributed by atoms with Crippen molar-refractivity contribution in [2.24, 2.45) is 0 Å². The predicted octanol–water partition coefficient (Wildman–Crippen LogP) is 2.09. The lowest BCUT2D eigenvalue weighted by atomic mass is 10.0. The van der Waals surface area contributed by atoms with Crippen molar-refractivity contribution in [2.45, 2.75) is 39.0 Å². The fourth-order valence-electron chi connectivity index (χ4n) is 3.70. The minimum absolute atomic E-state index is 0.0417. The van der Waals surface area contributed by atoms with Gasteiger partial charge in [0.2, 0.25) is 5.91 Å². The highest BCUT2D eigenvalue weighted by atomic mass is 16.5. The van der Waals surface area contributed by atoms with E-state index in [1.807, 2.05) is 44.2 Å². The van der Waals surface area contributed by atoms with E-state index in [1.54, 1.807) is 22.0 Å². The van der Waals surface area contributed by atoms with E-state index in [-0.39, 0.29) is 25.1 Å². The summed E-state index contributed by atoms with van der Waals surface area (Å²) >= 11 is 0. The normalized spacial score (nSPS) is 19.8. The molecule has 1 saturated heterocycles. The summed E-state index contributed by atoms with van der Waals surface area (Å²) in [6.07, 6.45) is 3.00. The Balaban J connectivity index is 1.41. The molecule has 1 amide bonds. The number of hydrogen-bond donors (Lipinski definition) is 1. The number of benzene rings is 1. The smallest absolute Gasteiger partial charge is 0.244 e. The number of ether oxygens (including phenoxy) is 1. The Bertz CT molecular complexity index is 995. The summed E-state index contributed by atoms with van der Waals surface area (Å²) < 4.78 is 7.82. The van der Waals surface area contributed by atoms with Gasteiger partial charge in [-0.1, -0.05) is 12.1 Å². The van der Waals surface area contributed by atoms with Crippen molar-refractivity contribution in [1.29, 1.82) is 0 Å². The number of β-amino-alcohol motifs (C(OH)–C–C–N with tert-alkyl or cyclic N) is 1. The molecule has 28 heavy (non-hydrogen) atoms. The number of likely N-dealkylation sites (tertiary alicyclic amines) is 1. The average molecular weight is 380 g/mol. The number of amides is 1. The topological polar surface area (TPSA) is 80.5 Å². The lowest BCUT2D eigenvalue weighted by molar-refractivity contribution is -0.137. The number of rotatable bonds is 4. The highest BCUT2D eigenvalue weighted by Gasteiger charge is 2.32. The van der Waals surface area contributed by atoms with Crippen molar-refractivity contribution in [3.8, 4) is 5.75 Å². The molecule has 1 aromatic carbocycles. The summed E-state index contributed by atoms with van der Waals surface area (Å²) in [7, 11) is 0. The zero-order valence-electron chi connectivity index (χ0n) is 16.1. The van der Waals surface area contributed by atoms with Crippen LogP contribution >= 0.6 is 0 Å². The van der Waals surface area contributed by atoms with Crippen LogP contribution in [0.1, 0.15) is 17.8 Å². The number of aryl methyl sites for hydroxylation is 2. The number of pyridine rings is 1. The average Bonchev–Trinajstić information content (AvgIpc) is 3.00. The lowest BCUT2D eigenvalue weighted by Crippen LogP contribution is -2.51. The maximum atomic E-state index is 12.6. The standard InChI is InChI=1S/C21H24N4O3/c1-14-10-15(2)25(23-14)13-21(27)24-9-7-20(18(26)12-24)28-19-5-3-4-16-11-22-8-6-17(16)19/h3-6,8,10-11,18,20,26H,7,9,12-13H2,1-2H3/t18-,20-/m1/s1. The van der Waals surface area contributed by atoms with E-state index in [0.29, 0.717) is 13.0 Å². The van der Waals surface area contributed by atoms with Crippen LogP contribution in [0.25, 0.3) is 10.8 Å². The van der Waals surface area contributed by atoms with Crippen molar-refractivity contribution >= 4 is 16.7 Å². The number of hydrogen-bond acceptors (Lipinski definition) is 5. The Morgan fingerprint density at radius 2 is 2.18 bits per heavy atom. The molecular formula is C21H24N4O3. The number of carbonyl (C=O) groups is 1. The number of aromatic nitrogens is 3. The van der Waals surface area contributed by atoms with Crippen LogP contribution in [0.2, 0.25) is 0 Å². The van der Waals surface area contributed by atoms with E-state index in [1.165, 1.54) is 0 Å². The highest BCUT2D eigenvalue weighted by molar-refractivity contribution is 5.87. The number of nitrogens with zero attached hydrogens (tertiary/aromatic N) is 4. The van der Waals surface area contributed by atoms with Gasteiger partial charge in [-0.25, -0.2) is 0 Å². The fraction of sp³-hybridized carbons (Fsp3) is 0.381. The minimum atomic E-state index is -0.741. The summed E-state index contributed by atoms with van der Waals surface area (Å²) in [5.41, 5.74) is 1.85. The maximum Gasteiger partial charge on any atom is 0.244 e. The van der Waals surface area contributed by atoms with Crippen molar-refractivity contribution in [3.63, 3.8) is 0 Å². The molecule has 146 valence electrons. The van der Waals surface area contributed by atoms with Gasteiger partial charge in [-0.2, -0.15) is 5.10 Å². The molecule has 1 fully saturated rings. The minimum Gasteiger partial charge on any atom is -0.487 e. The molecule has 7 heteroatoms. The van der Waals surface area contributed by atoms with Gasteiger partial charge in [-0.3, -0.25) is 14.5 Å². The number of piperidine rings is 1. The second-order valence-electron chi connectivity index (χ2n) is 7.29. The van der Waals surface area contributed by atoms with Gasteiger partial charge in [0.25, 0.3) is 0 Å². The zero-order chi connectivity index (χ0) is 19.7. The Labute approximate surface area is 163 Å². The van der Waals surface area contributed by atoms with Crippen LogP contribution in [0.4, 0.5) is 0 Å². The van der Waals surface area contributed by atoms with Gasteiger partial charge in [-0.15, -0.1) is 0 Å². The Morgan fingerprint density at radius 1 is 1.32 bits per heavy atom. The largest absolute Gasteiger partial charge is 0.487 e. The first-order valence-corrected chi connectivity index (χ1v) is 9.47. The third kappa shape index (κ3) is 3.71. The molecule has 1 aliphatic heterocycles. The van der Waals surface area contributed by atoms with Gasteiger partial charge in [0.1, 0.15) is 24.5 Å². The molecule has 3 aromatic rings. The van der Waals surface area contributed by atoms with Gasteiger partial charge < -0.3 is 14.7 Å². The highest BCUT2D eigenvalue weighted by Crippen LogP contribution is 2.27. The molecule has 0 aliphatic carbocycles. The van der Waals surface area contributed by atoms with Crippen molar-refractivity contribution in [2.75, 3.05) is 13.1 Å². The molecule has 1 N–H and O–H groups in total. The van der Waals surface area contributed by atoms with Crippen LogP contribution in [-0.4, -0.2) is 56.0 Å². The Hall–Kier alpha value is -2.93. The first-order valence-electron chi connectivity index (χ1n) is 9.47. The van der Waals surface area contributed by atoms with Gasteiger partial charge in [0.05, 0.1) is 12.2 Å². The molecule has 1 aliphatic rings. The Kier molecular flexibility index (Phi) is 5.00. The first kappa shape index (κ1) is 18.4. The second-order valence-corrected chi connectivity index (χ2v) is 7.29. The fourth-order valence-corrected chi connectivity index (χ4v) is 3.70. The molecular weight excluding hydrogens is 356 g/mol. The summed E-state index contributed by atoms with van der Waals surface area (Å²) in [5, 5.41) is 16.9. The number of aliphatic hydroxyl groups is 1. The lowest BCUT2D eigenvalue weighted by Gasteiger charge is -2.36. The molecule has 2 aromatic heterocycles. The second kappa shape index (κ2) is 7.59. The maximum absolute atomic E-state index is 12.6. The van der Waals surface area contributed by atoms with E-state index >= 15 is 0 Å². The number of carbonyl (C=O) groups excluding carboxylic acids is 1. The van der Waals surface area contributed by atoms with E-state index in [2.05, 4.69) is 10.1 Å². The third-order valence-corrected chi connectivity index (χ3v) is 5.18. The van der Waals surface area contributed by atoms with Crippen LogP contribution in [0.15, 0.2) is 42.7 Å². The van der Waals surface area contributed by atoms with Crippen molar-refractivity contribution in [1.82, 2.24) is 19.7 Å². The van der Waals surface area contributed by atoms with Crippen LogP contribution < -0.4 is 4.74 Å². The van der Waals surface area contributed by atoms with Gasteiger partial charge in [0.15, 0.2) is 0 Å². The zero-order valence-corrected chi connectivity index (χ0v) is 16.1. The van der Waals surface area contributed by atoms with Gasteiger partial charge in [-0.05, 0) is 32.0 Å². The summed E-state index contributed by atoms with van der Waals surface area (Å²) in [5.74, 6) is 0.686. The number of aliphatic hydroxyl groups excluding tert-OH is 1. The van der Waals surface area contributed by atoms with Crippen LogP contribution in [-0.2, 0) is 11.3 Å². The summed E-state index contributed by atoms with van der Waals surface area (Å²) in [4.78, 5) is 18.4.